The van der Waals surface area contributed by atoms with Crippen LogP contribution in [-0.4, -0.2) is 56.7 Å². The molecule has 3 heterocycles. The lowest BCUT2D eigenvalue weighted by molar-refractivity contribution is 0.155. The maximum Gasteiger partial charge on any atom is 0.199 e. The molecule has 9 heteroatoms. The first-order valence-electron chi connectivity index (χ1n) is 9.52. The Labute approximate surface area is 164 Å². The van der Waals surface area contributed by atoms with Crippen molar-refractivity contribution in [2.45, 2.75) is 51.4 Å². The molecule has 0 amide bonds. The van der Waals surface area contributed by atoms with Crippen molar-refractivity contribution in [1.82, 2.24) is 24.2 Å². The van der Waals surface area contributed by atoms with Crippen LogP contribution in [0, 0.1) is 4.77 Å². The summed E-state index contributed by atoms with van der Waals surface area (Å²) in [5, 5.41) is 4.82. The van der Waals surface area contributed by atoms with Crippen molar-refractivity contribution in [3.8, 4) is 11.4 Å². The van der Waals surface area contributed by atoms with E-state index in [-0.39, 0.29) is 17.5 Å². The van der Waals surface area contributed by atoms with Crippen LogP contribution >= 0.6 is 12.2 Å². The van der Waals surface area contributed by atoms with Crippen molar-refractivity contribution < 1.29 is 8.42 Å². The summed E-state index contributed by atoms with van der Waals surface area (Å²) in [5.41, 5.74) is 0.958. The highest BCUT2D eigenvalue weighted by Gasteiger charge is 2.33. The highest BCUT2D eigenvalue weighted by Crippen LogP contribution is 2.38. The molecule has 0 spiro atoms. The van der Waals surface area contributed by atoms with Gasteiger partial charge in [0.15, 0.2) is 20.4 Å². The van der Waals surface area contributed by atoms with Gasteiger partial charge in [-0.25, -0.2) is 13.1 Å². The van der Waals surface area contributed by atoms with Gasteiger partial charge in [0.1, 0.15) is 0 Å². The minimum Gasteiger partial charge on any atom is -0.297 e. The molecule has 1 saturated heterocycles. The molecule has 2 fully saturated rings. The SMILES string of the molecule is CCCN(Cn1nc(-c2cccnc2)n(C2CC2)c1=S)C1CCS(=O)(=O)C1. The first kappa shape index (κ1) is 18.8. The highest BCUT2D eigenvalue weighted by molar-refractivity contribution is 7.91. The molecule has 2 aromatic heterocycles. The molecule has 7 nitrogen and oxygen atoms in total. The Morgan fingerprint density at radius 1 is 1.33 bits per heavy atom. The van der Waals surface area contributed by atoms with Gasteiger partial charge in [0.2, 0.25) is 0 Å². The normalized spacial score (nSPS) is 21.8. The lowest BCUT2D eigenvalue weighted by atomic mass is 10.2. The molecule has 0 aromatic carbocycles. The summed E-state index contributed by atoms with van der Waals surface area (Å²) in [4.78, 5) is 6.44. The maximum atomic E-state index is 11.9. The second-order valence-corrected chi connectivity index (χ2v) is 10.1. The molecule has 2 aliphatic rings. The van der Waals surface area contributed by atoms with Crippen molar-refractivity contribution in [2.24, 2.45) is 0 Å². The Morgan fingerprint density at radius 2 is 2.15 bits per heavy atom. The summed E-state index contributed by atoms with van der Waals surface area (Å²) in [5.74, 6) is 1.37. The van der Waals surface area contributed by atoms with E-state index in [2.05, 4.69) is 21.4 Å². The van der Waals surface area contributed by atoms with E-state index in [4.69, 9.17) is 17.3 Å². The van der Waals surface area contributed by atoms with Gasteiger partial charge < -0.3 is 0 Å². The van der Waals surface area contributed by atoms with E-state index in [0.29, 0.717) is 23.9 Å². The summed E-state index contributed by atoms with van der Waals surface area (Å²) in [7, 11) is -2.92. The van der Waals surface area contributed by atoms with Gasteiger partial charge in [-0.1, -0.05) is 6.92 Å². The Morgan fingerprint density at radius 3 is 2.74 bits per heavy atom. The smallest absolute Gasteiger partial charge is 0.199 e. The van der Waals surface area contributed by atoms with Gasteiger partial charge in [0.05, 0.1) is 18.2 Å². The van der Waals surface area contributed by atoms with Crippen LogP contribution in [0.3, 0.4) is 0 Å². The summed E-state index contributed by atoms with van der Waals surface area (Å²) in [6.45, 7) is 3.47. The highest BCUT2D eigenvalue weighted by atomic mass is 32.2. The molecule has 4 rings (SSSR count). The number of hydrogen-bond donors (Lipinski definition) is 0. The van der Waals surface area contributed by atoms with Crippen molar-refractivity contribution in [1.29, 1.82) is 0 Å². The average molecular weight is 408 g/mol. The molecule has 1 saturated carbocycles. The Balaban J connectivity index is 1.66. The van der Waals surface area contributed by atoms with E-state index in [1.54, 1.807) is 6.20 Å². The standard InChI is InChI=1S/C18H25N5O2S2/c1-2-9-21(16-7-10-27(24,25)12-16)13-22-18(26)23(15-5-6-15)17(20-22)14-4-3-8-19-11-14/h3-4,8,11,15-16H,2,5-7,9-10,12-13H2,1H3. The first-order valence-corrected chi connectivity index (χ1v) is 11.8. The third kappa shape index (κ3) is 4.00. The maximum absolute atomic E-state index is 11.9. The van der Waals surface area contributed by atoms with Crippen LogP contribution in [-0.2, 0) is 16.5 Å². The summed E-state index contributed by atoms with van der Waals surface area (Å²) in [6.07, 6.45) is 7.45. The van der Waals surface area contributed by atoms with Crippen molar-refractivity contribution in [3.63, 3.8) is 0 Å². The predicted molar refractivity (Wildman–Crippen MR) is 107 cm³/mol. The lowest BCUT2D eigenvalue weighted by Gasteiger charge is -2.27. The van der Waals surface area contributed by atoms with Crippen LogP contribution in [0.25, 0.3) is 11.4 Å². The zero-order valence-corrected chi connectivity index (χ0v) is 17.1. The minimum absolute atomic E-state index is 0.0461. The molecular formula is C18H25N5O2S2. The Bertz CT molecular complexity index is 963. The Kier molecular flexibility index (Phi) is 5.17. The Hall–Kier alpha value is -1.58. The largest absolute Gasteiger partial charge is 0.297 e. The van der Waals surface area contributed by atoms with Gasteiger partial charge >= 0.3 is 0 Å². The molecule has 1 atom stereocenters. The number of sulfone groups is 1. The van der Waals surface area contributed by atoms with Crippen LogP contribution in [0.1, 0.15) is 38.6 Å². The van der Waals surface area contributed by atoms with Gasteiger partial charge in [-0.05, 0) is 56.6 Å². The quantitative estimate of drug-likeness (QED) is 0.657. The van der Waals surface area contributed by atoms with Crippen LogP contribution in [0.5, 0.6) is 0 Å². The summed E-state index contributed by atoms with van der Waals surface area (Å²) in [6, 6.07) is 4.36. The third-order valence-corrected chi connectivity index (χ3v) is 7.41. The lowest BCUT2D eigenvalue weighted by Crippen LogP contribution is -2.38. The second-order valence-electron chi connectivity index (χ2n) is 7.46. The fourth-order valence-electron chi connectivity index (χ4n) is 3.76. The molecule has 0 radical (unpaired) electrons. The fourth-order valence-corrected chi connectivity index (χ4v) is 5.85. The van der Waals surface area contributed by atoms with Crippen LogP contribution in [0.2, 0.25) is 0 Å². The predicted octanol–water partition coefficient (Wildman–Crippen LogP) is 2.67. The monoisotopic (exact) mass is 407 g/mol. The molecular weight excluding hydrogens is 382 g/mol. The number of pyridine rings is 1. The molecule has 27 heavy (non-hydrogen) atoms. The number of hydrogen-bond acceptors (Lipinski definition) is 6. The van der Waals surface area contributed by atoms with Gasteiger partial charge in [-0.3, -0.25) is 14.5 Å². The molecule has 1 aliphatic carbocycles. The summed E-state index contributed by atoms with van der Waals surface area (Å²) < 4.78 is 28.6. The molecule has 1 aliphatic heterocycles. The third-order valence-electron chi connectivity index (χ3n) is 5.25. The van der Waals surface area contributed by atoms with Crippen molar-refractivity contribution in [2.75, 3.05) is 18.1 Å². The van der Waals surface area contributed by atoms with E-state index >= 15 is 0 Å². The fraction of sp³-hybridized carbons (Fsp3) is 0.611. The van der Waals surface area contributed by atoms with Crippen molar-refractivity contribution >= 4 is 22.1 Å². The zero-order valence-electron chi connectivity index (χ0n) is 15.5. The number of aromatic nitrogens is 4. The number of rotatable bonds is 7. The van der Waals surface area contributed by atoms with Crippen molar-refractivity contribution in [3.05, 3.63) is 29.3 Å². The van der Waals surface area contributed by atoms with E-state index < -0.39 is 9.84 Å². The second kappa shape index (κ2) is 7.44. The molecule has 146 valence electrons. The minimum atomic E-state index is -2.92. The van der Waals surface area contributed by atoms with Gasteiger partial charge in [-0.2, -0.15) is 5.10 Å². The van der Waals surface area contributed by atoms with E-state index in [9.17, 15) is 8.42 Å². The molecule has 2 aromatic rings. The van der Waals surface area contributed by atoms with Gasteiger partial charge in [-0.15, -0.1) is 0 Å². The van der Waals surface area contributed by atoms with E-state index in [1.807, 2.05) is 23.0 Å². The van der Waals surface area contributed by atoms with E-state index in [1.165, 1.54) is 0 Å². The average Bonchev–Trinajstić information content (AvgIpc) is 3.35. The molecule has 0 N–H and O–H groups in total. The van der Waals surface area contributed by atoms with E-state index in [0.717, 1.165) is 37.2 Å². The summed E-state index contributed by atoms with van der Waals surface area (Å²) >= 11 is 5.75. The topological polar surface area (TPSA) is 73.0 Å². The zero-order chi connectivity index (χ0) is 19.0. The van der Waals surface area contributed by atoms with Crippen LogP contribution < -0.4 is 0 Å². The molecule has 0 bridgehead atoms. The molecule has 1 unspecified atom stereocenters. The van der Waals surface area contributed by atoms with Gasteiger partial charge in [0.25, 0.3) is 0 Å². The first-order chi connectivity index (χ1) is 13.0. The van der Waals surface area contributed by atoms with Gasteiger partial charge in [0, 0.05) is 30.0 Å². The van der Waals surface area contributed by atoms with Crippen LogP contribution in [0.15, 0.2) is 24.5 Å². The number of nitrogens with zero attached hydrogens (tertiary/aromatic N) is 5. The van der Waals surface area contributed by atoms with Crippen LogP contribution in [0.4, 0.5) is 0 Å².